The van der Waals surface area contributed by atoms with Crippen LogP contribution >= 0.6 is 0 Å². The van der Waals surface area contributed by atoms with Crippen LogP contribution in [0.2, 0.25) is 0 Å². The van der Waals surface area contributed by atoms with Crippen LogP contribution in [0.25, 0.3) is 0 Å². The summed E-state index contributed by atoms with van der Waals surface area (Å²) in [6.45, 7) is 4.28. The molecule has 0 aromatic heterocycles. The molecular formula is C13H24N2O. The van der Waals surface area contributed by atoms with Gasteiger partial charge in [0.15, 0.2) is 0 Å². The highest BCUT2D eigenvalue weighted by Gasteiger charge is 2.37. The van der Waals surface area contributed by atoms with Gasteiger partial charge in [-0.3, -0.25) is 4.79 Å². The molecule has 0 radical (unpaired) electrons. The molecule has 2 unspecified atom stereocenters. The van der Waals surface area contributed by atoms with Crippen molar-refractivity contribution in [1.29, 1.82) is 0 Å². The van der Waals surface area contributed by atoms with Gasteiger partial charge in [0.25, 0.3) is 0 Å². The third kappa shape index (κ3) is 2.57. The summed E-state index contributed by atoms with van der Waals surface area (Å²) in [5.74, 6) is 0.407. The lowest BCUT2D eigenvalue weighted by atomic mass is 10.1. The fourth-order valence-corrected chi connectivity index (χ4v) is 3.04. The van der Waals surface area contributed by atoms with Crippen LogP contribution in [0.4, 0.5) is 0 Å². The van der Waals surface area contributed by atoms with Crippen LogP contribution in [0.1, 0.15) is 51.9 Å². The number of hydrogen-bond donors (Lipinski definition) is 1. The molecule has 2 aliphatic rings. The Hall–Kier alpha value is -0.570. The molecule has 2 bridgehead atoms. The van der Waals surface area contributed by atoms with Crippen LogP contribution in [-0.2, 0) is 4.79 Å². The fraction of sp³-hybridized carbons (Fsp3) is 0.923. The third-order valence-electron chi connectivity index (χ3n) is 3.94. The van der Waals surface area contributed by atoms with Crippen molar-refractivity contribution in [3.05, 3.63) is 0 Å². The van der Waals surface area contributed by atoms with Crippen molar-refractivity contribution < 1.29 is 4.79 Å². The minimum atomic E-state index is 0.407. The molecule has 2 heterocycles. The fourth-order valence-electron chi connectivity index (χ4n) is 3.04. The maximum atomic E-state index is 12.2. The van der Waals surface area contributed by atoms with Gasteiger partial charge in [-0.05, 0) is 32.2 Å². The highest BCUT2D eigenvalue weighted by Crippen LogP contribution is 2.28. The van der Waals surface area contributed by atoms with Crippen LogP contribution in [-0.4, -0.2) is 36.0 Å². The highest BCUT2D eigenvalue weighted by molar-refractivity contribution is 5.77. The van der Waals surface area contributed by atoms with E-state index in [4.69, 9.17) is 0 Å². The molecule has 0 saturated carbocycles. The summed E-state index contributed by atoms with van der Waals surface area (Å²) in [4.78, 5) is 14.4. The standard InChI is InChI=1S/C13H24N2O/c1-2-3-4-5-13(16)15-11-6-7-12(15)10-14-9-8-11/h11-12,14H,2-10H2,1H3. The molecule has 0 aromatic rings. The normalized spacial score (nSPS) is 29.2. The largest absolute Gasteiger partial charge is 0.335 e. The Bertz CT molecular complexity index is 228. The van der Waals surface area contributed by atoms with E-state index in [9.17, 15) is 4.79 Å². The summed E-state index contributed by atoms with van der Waals surface area (Å²) in [7, 11) is 0. The third-order valence-corrected chi connectivity index (χ3v) is 3.94. The summed E-state index contributed by atoms with van der Waals surface area (Å²) < 4.78 is 0. The first-order valence-electron chi connectivity index (χ1n) is 6.84. The summed E-state index contributed by atoms with van der Waals surface area (Å²) in [5.41, 5.74) is 0. The number of fused-ring (bicyclic) bond motifs is 2. The number of carbonyl (C=O) groups excluding carboxylic acids is 1. The lowest BCUT2D eigenvalue weighted by Crippen LogP contribution is -2.42. The maximum absolute atomic E-state index is 12.2. The molecule has 1 N–H and O–H groups in total. The Labute approximate surface area is 98.6 Å². The number of carbonyl (C=O) groups is 1. The predicted molar refractivity (Wildman–Crippen MR) is 65.3 cm³/mol. The topological polar surface area (TPSA) is 32.3 Å². The zero-order valence-electron chi connectivity index (χ0n) is 10.4. The number of rotatable bonds is 4. The Morgan fingerprint density at radius 3 is 2.88 bits per heavy atom. The van der Waals surface area contributed by atoms with Gasteiger partial charge in [0.2, 0.25) is 5.91 Å². The number of nitrogens with zero attached hydrogens (tertiary/aromatic N) is 1. The van der Waals surface area contributed by atoms with E-state index in [2.05, 4.69) is 17.1 Å². The molecule has 2 fully saturated rings. The molecular weight excluding hydrogens is 200 g/mol. The van der Waals surface area contributed by atoms with Gasteiger partial charge in [0.1, 0.15) is 0 Å². The van der Waals surface area contributed by atoms with Crippen molar-refractivity contribution in [1.82, 2.24) is 10.2 Å². The zero-order chi connectivity index (χ0) is 11.4. The first-order chi connectivity index (χ1) is 7.83. The Morgan fingerprint density at radius 1 is 1.25 bits per heavy atom. The molecule has 16 heavy (non-hydrogen) atoms. The van der Waals surface area contributed by atoms with Crippen molar-refractivity contribution >= 4 is 5.91 Å². The van der Waals surface area contributed by atoms with Crippen LogP contribution in [0, 0.1) is 0 Å². The second-order valence-corrected chi connectivity index (χ2v) is 5.14. The summed E-state index contributed by atoms with van der Waals surface area (Å²) >= 11 is 0. The first kappa shape index (κ1) is 11.9. The van der Waals surface area contributed by atoms with Gasteiger partial charge in [-0.2, -0.15) is 0 Å². The number of unbranched alkanes of at least 4 members (excludes halogenated alkanes) is 2. The molecule has 0 aromatic carbocycles. The van der Waals surface area contributed by atoms with Gasteiger partial charge in [-0.15, -0.1) is 0 Å². The number of amides is 1. The zero-order valence-corrected chi connectivity index (χ0v) is 10.4. The van der Waals surface area contributed by atoms with Crippen molar-refractivity contribution in [2.24, 2.45) is 0 Å². The molecule has 1 amide bonds. The van der Waals surface area contributed by atoms with E-state index >= 15 is 0 Å². The highest BCUT2D eigenvalue weighted by atomic mass is 16.2. The monoisotopic (exact) mass is 224 g/mol. The molecule has 0 aliphatic carbocycles. The van der Waals surface area contributed by atoms with Gasteiger partial charge in [-0.1, -0.05) is 19.8 Å². The van der Waals surface area contributed by atoms with E-state index in [0.717, 1.165) is 32.4 Å². The van der Waals surface area contributed by atoms with E-state index < -0.39 is 0 Å². The summed E-state index contributed by atoms with van der Waals surface area (Å²) in [6.07, 6.45) is 7.80. The molecule has 3 heteroatoms. The van der Waals surface area contributed by atoms with Crippen molar-refractivity contribution in [2.75, 3.05) is 13.1 Å². The van der Waals surface area contributed by atoms with Gasteiger partial charge in [0, 0.05) is 25.0 Å². The average molecular weight is 224 g/mol. The summed E-state index contributed by atoms with van der Waals surface area (Å²) in [5, 5.41) is 3.44. The molecule has 2 rings (SSSR count). The number of hydrogen-bond acceptors (Lipinski definition) is 2. The van der Waals surface area contributed by atoms with E-state index in [1.807, 2.05) is 0 Å². The molecule has 2 atom stereocenters. The van der Waals surface area contributed by atoms with Crippen LogP contribution in [0.15, 0.2) is 0 Å². The quantitative estimate of drug-likeness (QED) is 0.740. The van der Waals surface area contributed by atoms with Crippen molar-refractivity contribution in [3.63, 3.8) is 0 Å². The Balaban J connectivity index is 1.89. The Morgan fingerprint density at radius 2 is 2.06 bits per heavy atom. The lowest BCUT2D eigenvalue weighted by Gasteiger charge is -2.28. The smallest absolute Gasteiger partial charge is 0.223 e. The van der Waals surface area contributed by atoms with Gasteiger partial charge in [0.05, 0.1) is 0 Å². The SMILES string of the molecule is CCCCCC(=O)N1C2CCNCC1CC2. The minimum absolute atomic E-state index is 0.407. The van der Waals surface area contributed by atoms with E-state index in [0.29, 0.717) is 18.0 Å². The Kier molecular flexibility index (Phi) is 4.22. The lowest BCUT2D eigenvalue weighted by molar-refractivity contribution is -0.133. The van der Waals surface area contributed by atoms with Crippen molar-refractivity contribution in [2.45, 2.75) is 64.0 Å². The van der Waals surface area contributed by atoms with E-state index in [1.54, 1.807) is 0 Å². The maximum Gasteiger partial charge on any atom is 0.223 e. The first-order valence-corrected chi connectivity index (χ1v) is 6.84. The van der Waals surface area contributed by atoms with Gasteiger partial charge < -0.3 is 10.2 Å². The molecule has 3 nitrogen and oxygen atoms in total. The minimum Gasteiger partial charge on any atom is -0.335 e. The average Bonchev–Trinajstić information content (AvgIpc) is 2.52. The van der Waals surface area contributed by atoms with Crippen LogP contribution < -0.4 is 5.32 Å². The van der Waals surface area contributed by atoms with Crippen molar-refractivity contribution in [3.8, 4) is 0 Å². The second kappa shape index (κ2) is 5.67. The summed E-state index contributed by atoms with van der Waals surface area (Å²) in [6, 6.07) is 1.02. The molecule has 0 spiro atoms. The molecule has 92 valence electrons. The predicted octanol–water partition coefficient (Wildman–Crippen LogP) is 1.92. The van der Waals surface area contributed by atoms with Gasteiger partial charge in [-0.25, -0.2) is 0 Å². The van der Waals surface area contributed by atoms with E-state index in [1.165, 1.54) is 25.7 Å². The molecule has 2 saturated heterocycles. The second-order valence-electron chi connectivity index (χ2n) is 5.14. The number of nitrogens with one attached hydrogen (secondary N) is 1. The van der Waals surface area contributed by atoms with E-state index in [-0.39, 0.29) is 0 Å². The van der Waals surface area contributed by atoms with Crippen LogP contribution in [0.5, 0.6) is 0 Å². The molecule has 2 aliphatic heterocycles. The van der Waals surface area contributed by atoms with Gasteiger partial charge >= 0.3 is 0 Å². The van der Waals surface area contributed by atoms with Crippen LogP contribution in [0.3, 0.4) is 0 Å².